The lowest BCUT2D eigenvalue weighted by atomic mass is 9.89. The number of likely N-dealkylation sites (tertiary alicyclic amines) is 1. The second-order valence-electron chi connectivity index (χ2n) is 5.89. The molecule has 1 aromatic heterocycles. The van der Waals surface area contributed by atoms with Crippen molar-refractivity contribution in [3.63, 3.8) is 0 Å². The first-order chi connectivity index (χ1) is 9.73. The van der Waals surface area contributed by atoms with Gasteiger partial charge in [0, 0.05) is 18.7 Å². The third-order valence-electron chi connectivity index (χ3n) is 4.18. The summed E-state index contributed by atoms with van der Waals surface area (Å²) in [5, 5.41) is 18.4. The van der Waals surface area contributed by atoms with E-state index in [1.807, 2.05) is 30.3 Å². The summed E-state index contributed by atoms with van der Waals surface area (Å²) in [5.74, 6) is 1.68. The monoisotopic (exact) mass is 271 g/mol. The van der Waals surface area contributed by atoms with E-state index in [0.717, 1.165) is 18.7 Å². The lowest BCUT2D eigenvalue weighted by molar-refractivity contribution is -0.118. The lowest BCUT2D eigenvalue weighted by Crippen LogP contribution is -2.62. The van der Waals surface area contributed by atoms with Gasteiger partial charge in [0.2, 0.25) is 11.8 Å². The molecule has 2 heterocycles. The van der Waals surface area contributed by atoms with Crippen LogP contribution in [-0.2, 0) is 6.54 Å². The molecule has 1 aromatic carbocycles. The van der Waals surface area contributed by atoms with Crippen molar-refractivity contribution in [3.05, 3.63) is 36.2 Å². The fourth-order valence-electron chi connectivity index (χ4n) is 2.92. The van der Waals surface area contributed by atoms with E-state index < -0.39 is 5.60 Å². The molecule has 0 spiro atoms. The second-order valence-corrected chi connectivity index (χ2v) is 5.89. The number of nitrogens with zero attached hydrogens (tertiary/aromatic N) is 3. The Kier molecular flexibility index (Phi) is 2.65. The van der Waals surface area contributed by atoms with Gasteiger partial charge in [-0.3, -0.25) is 4.90 Å². The molecule has 0 bridgehead atoms. The van der Waals surface area contributed by atoms with Crippen molar-refractivity contribution in [3.8, 4) is 11.5 Å². The molecule has 0 atom stereocenters. The van der Waals surface area contributed by atoms with E-state index in [1.165, 1.54) is 12.8 Å². The zero-order valence-corrected chi connectivity index (χ0v) is 11.2. The second kappa shape index (κ2) is 4.40. The number of hydrogen-bond acceptors (Lipinski definition) is 5. The number of β-amino-alcohol motifs (C(OH)–C–C–N with tert-alkyl or cyclic N) is 1. The minimum absolute atomic E-state index is 0.456. The largest absolute Gasteiger partial charge is 0.419 e. The van der Waals surface area contributed by atoms with Gasteiger partial charge in [0.25, 0.3) is 0 Å². The third kappa shape index (κ3) is 2.13. The number of aliphatic hydroxyl groups is 1. The average molecular weight is 271 g/mol. The summed E-state index contributed by atoms with van der Waals surface area (Å²) >= 11 is 0. The van der Waals surface area contributed by atoms with Crippen molar-refractivity contribution >= 4 is 0 Å². The first kappa shape index (κ1) is 12.1. The number of benzene rings is 1. The minimum Gasteiger partial charge on any atom is -0.419 e. The predicted octanol–water partition coefficient (Wildman–Crippen LogP) is 1.69. The van der Waals surface area contributed by atoms with Crippen LogP contribution in [0, 0.1) is 5.92 Å². The smallest absolute Gasteiger partial charge is 0.247 e. The van der Waals surface area contributed by atoms with Crippen LogP contribution in [0.25, 0.3) is 11.5 Å². The Bertz CT molecular complexity index is 601. The molecular formula is C15H17N3O2. The molecule has 0 radical (unpaired) electrons. The first-order valence-electron chi connectivity index (χ1n) is 7.05. The number of hydrogen-bond donors (Lipinski definition) is 1. The van der Waals surface area contributed by atoms with Crippen LogP contribution in [0.1, 0.15) is 18.7 Å². The Hall–Kier alpha value is -1.72. The van der Waals surface area contributed by atoms with E-state index in [1.54, 1.807) is 0 Å². The molecule has 1 saturated heterocycles. The van der Waals surface area contributed by atoms with Crippen LogP contribution in [0.15, 0.2) is 34.7 Å². The van der Waals surface area contributed by atoms with Crippen molar-refractivity contribution in [1.82, 2.24) is 15.1 Å². The summed E-state index contributed by atoms with van der Waals surface area (Å²) in [4.78, 5) is 2.15. The maximum Gasteiger partial charge on any atom is 0.247 e. The van der Waals surface area contributed by atoms with E-state index in [2.05, 4.69) is 15.1 Å². The van der Waals surface area contributed by atoms with Gasteiger partial charge in [-0.1, -0.05) is 18.2 Å². The van der Waals surface area contributed by atoms with Crippen molar-refractivity contribution in [2.24, 2.45) is 5.92 Å². The lowest BCUT2D eigenvalue weighted by Gasteiger charge is -2.46. The van der Waals surface area contributed by atoms with Crippen LogP contribution < -0.4 is 0 Å². The molecule has 1 saturated carbocycles. The van der Waals surface area contributed by atoms with Gasteiger partial charge in [0.05, 0.1) is 12.1 Å². The molecule has 1 aliphatic carbocycles. The first-order valence-corrected chi connectivity index (χ1v) is 7.05. The normalized spacial score (nSPS) is 21.6. The van der Waals surface area contributed by atoms with E-state index in [0.29, 0.717) is 24.2 Å². The van der Waals surface area contributed by atoms with Crippen molar-refractivity contribution in [1.29, 1.82) is 0 Å². The van der Waals surface area contributed by atoms with Gasteiger partial charge in [0.1, 0.15) is 0 Å². The standard InChI is InChI=1S/C15H17N3O2/c19-15(12-6-7-12)9-18(10-15)8-13-16-17-14(20-13)11-4-2-1-3-5-11/h1-5,12,19H,6-10H2. The third-order valence-corrected chi connectivity index (χ3v) is 4.18. The van der Waals surface area contributed by atoms with Gasteiger partial charge in [0.15, 0.2) is 0 Å². The fraction of sp³-hybridized carbons (Fsp3) is 0.467. The fourth-order valence-corrected chi connectivity index (χ4v) is 2.92. The van der Waals surface area contributed by atoms with Crippen LogP contribution in [0.2, 0.25) is 0 Å². The highest BCUT2D eigenvalue weighted by Gasteiger charge is 2.51. The molecule has 0 unspecified atom stereocenters. The van der Waals surface area contributed by atoms with Gasteiger partial charge in [-0.2, -0.15) is 0 Å². The SMILES string of the molecule is OC1(C2CC2)CN(Cc2nnc(-c3ccccc3)o2)C1. The van der Waals surface area contributed by atoms with Crippen LogP contribution in [0.4, 0.5) is 0 Å². The maximum atomic E-state index is 10.3. The quantitative estimate of drug-likeness (QED) is 0.917. The van der Waals surface area contributed by atoms with Crippen LogP contribution in [0.3, 0.4) is 0 Å². The molecule has 2 aromatic rings. The molecule has 20 heavy (non-hydrogen) atoms. The zero-order valence-electron chi connectivity index (χ0n) is 11.2. The summed E-state index contributed by atoms with van der Waals surface area (Å²) < 4.78 is 5.67. The van der Waals surface area contributed by atoms with E-state index >= 15 is 0 Å². The summed E-state index contributed by atoms with van der Waals surface area (Å²) in [7, 11) is 0. The van der Waals surface area contributed by atoms with E-state index in [-0.39, 0.29) is 0 Å². The Morgan fingerprint density at radius 1 is 1.20 bits per heavy atom. The highest BCUT2D eigenvalue weighted by Crippen LogP contribution is 2.44. The van der Waals surface area contributed by atoms with Gasteiger partial charge >= 0.3 is 0 Å². The molecule has 5 nitrogen and oxygen atoms in total. The Morgan fingerprint density at radius 2 is 1.95 bits per heavy atom. The molecule has 1 N–H and O–H groups in total. The molecule has 5 heteroatoms. The van der Waals surface area contributed by atoms with Crippen molar-refractivity contribution in [2.75, 3.05) is 13.1 Å². The van der Waals surface area contributed by atoms with Crippen molar-refractivity contribution in [2.45, 2.75) is 25.0 Å². The Labute approximate surface area is 117 Å². The molecule has 1 aliphatic heterocycles. The van der Waals surface area contributed by atoms with Crippen LogP contribution >= 0.6 is 0 Å². The molecule has 4 rings (SSSR count). The van der Waals surface area contributed by atoms with Crippen molar-refractivity contribution < 1.29 is 9.52 Å². The van der Waals surface area contributed by atoms with Gasteiger partial charge in [-0.05, 0) is 30.9 Å². The predicted molar refractivity (Wildman–Crippen MR) is 72.7 cm³/mol. The molecule has 104 valence electrons. The Morgan fingerprint density at radius 3 is 2.65 bits per heavy atom. The van der Waals surface area contributed by atoms with Crippen LogP contribution in [-0.4, -0.2) is 38.9 Å². The summed E-state index contributed by atoms with van der Waals surface area (Å²) in [6.45, 7) is 2.07. The molecule has 0 amide bonds. The maximum absolute atomic E-state index is 10.3. The molecule has 2 fully saturated rings. The number of aromatic nitrogens is 2. The van der Waals surface area contributed by atoms with Gasteiger partial charge in [-0.25, -0.2) is 0 Å². The average Bonchev–Trinajstić information content (AvgIpc) is 3.19. The molecular weight excluding hydrogens is 254 g/mol. The zero-order chi connectivity index (χ0) is 13.6. The van der Waals surface area contributed by atoms with E-state index in [4.69, 9.17) is 4.42 Å². The highest BCUT2D eigenvalue weighted by molar-refractivity contribution is 5.51. The topological polar surface area (TPSA) is 62.4 Å². The van der Waals surface area contributed by atoms with Gasteiger partial charge < -0.3 is 9.52 Å². The summed E-state index contributed by atoms with van der Waals surface area (Å²) in [6, 6.07) is 9.76. The highest BCUT2D eigenvalue weighted by atomic mass is 16.4. The summed E-state index contributed by atoms with van der Waals surface area (Å²) in [5.41, 5.74) is 0.479. The summed E-state index contributed by atoms with van der Waals surface area (Å²) in [6.07, 6.45) is 2.34. The number of rotatable bonds is 4. The van der Waals surface area contributed by atoms with E-state index in [9.17, 15) is 5.11 Å². The van der Waals surface area contributed by atoms with Gasteiger partial charge in [-0.15, -0.1) is 10.2 Å². The molecule has 2 aliphatic rings. The minimum atomic E-state index is -0.456. The Balaban J connectivity index is 1.40. The van der Waals surface area contributed by atoms with Crippen LogP contribution in [0.5, 0.6) is 0 Å².